The van der Waals surface area contributed by atoms with Crippen LogP contribution in [0, 0.1) is 5.92 Å². The van der Waals surface area contributed by atoms with Gasteiger partial charge in [0.25, 0.3) is 0 Å². The molecule has 1 fully saturated rings. The van der Waals surface area contributed by atoms with E-state index in [-0.39, 0.29) is 17.6 Å². The van der Waals surface area contributed by atoms with Crippen molar-refractivity contribution in [1.82, 2.24) is 4.90 Å². The van der Waals surface area contributed by atoms with E-state index in [1.54, 1.807) is 32.1 Å². The molecule has 0 spiro atoms. The smallest absolute Gasteiger partial charge is 0.226 e. The Kier molecular flexibility index (Phi) is 5.45. The minimum Gasteiger partial charge on any atom is -0.342 e. The SMILES string of the molecule is CC(C)(C)S(=O)(=O)CC1CCN(C(=O)Cc2ccc3ccsc3c2)CC1. The van der Waals surface area contributed by atoms with Crippen LogP contribution in [0.2, 0.25) is 0 Å². The number of sulfone groups is 1. The molecule has 26 heavy (non-hydrogen) atoms. The Hall–Kier alpha value is -1.40. The summed E-state index contributed by atoms with van der Waals surface area (Å²) in [6.45, 7) is 6.58. The Morgan fingerprint density at radius 2 is 1.88 bits per heavy atom. The van der Waals surface area contributed by atoms with Gasteiger partial charge in [-0.2, -0.15) is 0 Å². The second-order valence-corrected chi connectivity index (χ2v) is 11.9. The number of rotatable bonds is 4. The first-order valence-corrected chi connectivity index (χ1v) is 11.6. The van der Waals surface area contributed by atoms with E-state index < -0.39 is 14.6 Å². The predicted octanol–water partition coefficient (Wildman–Crippen LogP) is 3.90. The molecule has 2 aromatic rings. The zero-order valence-corrected chi connectivity index (χ0v) is 17.3. The van der Waals surface area contributed by atoms with Crippen molar-refractivity contribution in [3.8, 4) is 0 Å². The van der Waals surface area contributed by atoms with Gasteiger partial charge in [-0.3, -0.25) is 4.79 Å². The highest BCUT2D eigenvalue weighted by Crippen LogP contribution is 2.26. The third kappa shape index (κ3) is 4.29. The Balaban J connectivity index is 1.55. The lowest BCUT2D eigenvalue weighted by Gasteiger charge is -2.33. The summed E-state index contributed by atoms with van der Waals surface area (Å²) >= 11 is 1.69. The summed E-state index contributed by atoms with van der Waals surface area (Å²) in [6.07, 6.45) is 1.95. The molecule has 3 rings (SSSR count). The standard InChI is InChI=1S/C20H27NO3S2/c1-20(2,3)26(23,24)14-15-6-9-21(10-7-15)19(22)13-16-4-5-17-8-11-25-18(17)12-16/h4-5,8,11-12,15H,6-7,9-10,13-14H2,1-3H3. The quantitative estimate of drug-likeness (QED) is 0.792. The van der Waals surface area contributed by atoms with Crippen LogP contribution >= 0.6 is 11.3 Å². The van der Waals surface area contributed by atoms with Crippen LogP contribution in [-0.2, 0) is 21.1 Å². The fourth-order valence-corrected chi connectivity index (χ4v) is 5.61. The van der Waals surface area contributed by atoms with E-state index in [1.807, 2.05) is 11.0 Å². The maximum absolute atomic E-state index is 12.6. The van der Waals surface area contributed by atoms with E-state index >= 15 is 0 Å². The molecule has 1 aromatic carbocycles. The van der Waals surface area contributed by atoms with Crippen molar-refractivity contribution in [1.29, 1.82) is 0 Å². The van der Waals surface area contributed by atoms with Gasteiger partial charge in [0.05, 0.1) is 16.9 Å². The average molecular weight is 394 g/mol. The molecule has 0 saturated carbocycles. The number of piperidine rings is 1. The van der Waals surface area contributed by atoms with Gasteiger partial charge in [-0.1, -0.05) is 12.1 Å². The molecule has 0 unspecified atom stereocenters. The Morgan fingerprint density at radius 1 is 1.19 bits per heavy atom. The van der Waals surface area contributed by atoms with E-state index in [0.717, 1.165) is 18.4 Å². The van der Waals surface area contributed by atoms with Crippen molar-refractivity contribution in [2.45, 2.75) is 44.8 Å². The number of hydrogen-bond donors (Lipinski definition) is 0. The maximum Gasteiger partial charge on any atom is 0.226 e. The number of thiophene rings is 1. The summed E-state index contributed by atoms with van der Waals surface area (Å²) in [7, 11) is -3.10. The van der Waals surface area contributed by atoms with Crippen molar-refractivity contribution < 1.29 is 13.2 Å². The minimum atomic E-state index is -3.10. The molecular formula is C20H27NO3S2. The van der Waals surface area contributed by atoms with Crippen LogP contribution in [0.4, 0.5) is 0 Å². The van der Waals surface area contributed by atoms with Crippen molar-refractivity contribution in [3.05, 3.63) is 35.2 Å². The van der Waals surface area contributed by atoms with Crippen LogP contribution in [0.3, 0.4) is 0 Å². The highest BCUT2D eigenvalue weighted by Gasteiger charge is 2.33. The molecule has 0 N–H and O–H groups in total. The van der Waals surface area contributed by atoms with Gasteiger partial charge in [0.2, 0.25) is 5.91 Å². The molecule has 0 aliphatic carbocycles. The maximum atomic E-state index is 12.6. The number of carbonyl (C=O) groups is 1. The minimum absolute atomic E-state index is 0.137. The highest BCUT2D eigenvalue weighted by molar-refractivity contribution is 7.92. The lowest BCUT2D eigenvalue weighted by atomic mass is 9.98. The number of likely N-dealkylation sites (tertiary alicyclic amines) is 1. The van der Waals surface area contributed by atoms with Gasteiger partial charge in [-0.15, -0.1) is 11.3 Å². The topological polar surface area (TPSA) is 54.5 Å². The summed E-state index contributed by atoms with van der Waals surface area (Å²) in [4.78, 5) is 14.5. The first-order chi connectivity index (χ1) is 12.2. The van der Waals surface area contributed by atoms with Gasteiger partial charge in [0.15, 0.2) is 9.84 Å². The first-order valence-electron chi connectivity index (χ1n) is 9.12. The van der Waals surface area contributed by atoms with E-state index in [0.29, 0.717) is 19.5 Å². The lowest BCUT2D eigenvalue weighted by molar-refractivity contribution is -0.131. The molecule has 1 aromatic heterocycles. The van der Waals surface area contributed by atoms with Gasteiger partial charge < -0.3 is 4.90 Å². The Morgan fingerprint density at radius 3 is 2.54 bits per heavy atom. The van der Waals surface area contributed by atoms with Crippen molar-refractivity contribution in [2.75, 3.05) is 18.8 Å². The molecule has 6 heteroatoms. The number of fused-ring (bicyclic) bond motifs is 1. The molecule has 0 bridgehead atoms. The van der Waals surface area contributed by atoms with Gasteiger partial charge in [0, 0.05) is 17.8 Å². The summed E-state index contributed by atoms with van der Waals surface area (Å²) in [5.74, 6) is 0.525. The fraction of sp³-hybridized carbons (Fsp3) is 0.550. The van der Waals surface area contributed by atoms with E-state index in [4.69, 9.17) is 0 Å². The summed E-state index contributed by atoms with van der Waals surface area (Å²) < 4.78 is 25.3. The van der Waals surface area contributed by atoms with Gasteiger partial charge >= 0.3 is 0 Å². The predicted molar refractivity (Wildman–Crippen MR) is 108 cm³/mol. The zero-order valence-electron chi connectivity index (χ0n) is 15.7. The lowest BCUT2D eigenvalue weighted by Crippen LogP contribution is -2.42. The molecule has 1 saturated heterocycles. The molecule has 4 nitrogen and oxygen atoms in total. The fourth-order valence-electron chi connectivity index (χ4n) is 3.30. The van der Waals surface area contributed by atoms with E-state index in [1.165, 1.54) is 10.1 Å². The number of amides is 1. The third-order valence-electron chi connectivity index (χ3n) is 5.23. The van der Waals surface area contributed by atoms with Crippen LogP contribution in [-0.4, -0.2) is 42.8 Å². The molecule has 2 heterocycles. The summed E-state index contributed by atoms with van der Waals surface area (Å²) in [6, 6.07) is 8.27. The average Bonchev–Trinajstić information content (AvgIpc) is 3.01. The van der Waals surface area contributed by atoms with Crippen LogP contribution in [0.1, 0.15) is 39.2 Å². The second kappa shape index (κ2) is 7.31. The Labute approximate surface area is 160 Å². The second-order valence-electron chi connectivity index (χ2n) is 8.19. The number of benzene rings is 1. The van der Waals surface area contributed by atoms with Gasteiger partial charge in [0.1, 0.15) is 0 Å². The van der Waals surface area contributed by atoms with Crippen molar-refractivity contribution in [3.63, 3.8) is 0 Å². The zero-order chi connectivity index (χ0) is 18.9. The van der Waals surface area contributed by atoms with Crippen LogP contribution < -0.4 is 0 Å². The molecule has 0 atom stereocenters. The number of nitrogens with zero attached hydrogens (tertiary/aromatic N) is 1. The Bertz CT molecular complexity index is 885. The molecule has 1 amide bonds. The number of carbonyl (C=O) groups excluding carboxylic acids is 1. The normalized spacial score (nSPS) is 17.0. The van der Waals surface area contributed by atoms with Crippen LogP contribution in [0.25, 0.3) is 10.1 Å². The molecule has 142 valence electrons. The molecular weight excluding hydrogens is 366 g/mol. The molecule has 1 aliphatic rings. The van der Waals surface area contributed by atoms with E-state index in [2.05, 4.69) is 23.6 Å². The first kappa shape index (κ1) is 19.4. The van der Waals surface area contributed by atoms with Gasteiger partial charge in [-0.05, 0) is 68.0 Å². The molecule has 1 aliphatic heterocycles. The van der Waals surface area contributed by atoms with Crippen molar-refractivity contribution in [2.24, 2.45) is 5.92 Å². The van der Waals surface area contributed by atoms with E-state index in [9.17, 15) is 13.2 Å². The summed E-state index contributed by atoms with van der Waals surface area (Å²) in [5, 5.41) is 3.28. The largest absolute Gasteiger partial charge is 0.342 e. The highest BCUT2D eigenvalue weighted by atomic mass is 32.2. The third-order valence-corrected chi connectivity index (χ3v) is 8.89. The monoisotopic (exact) mass is 393 g/mol. The summed E-state index contributed by atoms with van der Waals surface area (Å²) in [5.41, 5.74) is 1.04. The molecule has 0 radical (unpaired) electrons. The van der Waals surface area contributed by atoms with Crippen molar-refractivity contribution >= 4 is 37.2 Å². The number of hydrogen-bond acceptors (Lipinski definition) is 4. The van der Waals surface area contributed by atoms with Gasteiger partial charge in [-0.25, -0.2) is 8.42 Å². The van der Waals surface area contributed by atoms with Crippen LogP contribution in [0.15, 0.2) is 29.6 Å². The van der Waals surface area contributed by atoms with Crippen LogP contribution in [0.5, 0.6) is 0 Å².